The molecule has 2 aromatic heterocycles. The normalized spacial score (nSPS) is 13.0. The number of nitrogens with one attached hydrogen (secondary N) is 1. The monoisotopic (exact) mass is 271 g/mol. The van der Waals surface area contributed by atoms with Crippen molar-refractivity contribution in [2.45, 2.75) is 13.0 Å². The molecule has 2 heterocycles. The molecule has 0 saturated heterocycles. The molecule has 1 aromatic carbocycles. The maximum absolute atomic E-state index is 4.36. The summed E-state index contributed by atoms with van der Waals surface area (Å²) in [5.74, 6) is 0. The number of nitrogens with zero attached hydrogens (tertiary/aromatic N) is 2. The topological polar surface area (TPSA) is 29.9 Å². The first-order valence-corrected chi connectivity index (χ1v) is 7.22. The Morgan fingerprint density at radius 2 is 2.11 bits per heavy atom. The Labute approximate surface area is 116 Å². The third kappa shape index (κ3) is 1.97. The highest BCUT2D eigenvalue weighted by molar-refractivity contribution is 7.17. The van der Waals surface area contributed by atoms with Crippen molar-refractivity contribution in [2.75, 3.05) is 7.05 Å². The number of aromatic nitrogens is 2. The molecule has 1 N–H and O–H groups in total. The first-order chi connectivity index (χ1) is 9.22. The Hall–Kier alpha value is -1.65. The minimum Gasteiger partial charge on any atom is -0.309 e. The van der Waals surface area contributed by atoms with Gasteiger partial charge in [-0.05, 0) is 36.4 Å². The smallest absolute Gasteiger partial charge is 0.0622 e. The number of benzene rings is 1. The van der Waals surface area contributed by atoms with Gasteiger partial charge in [-0.15, -0.1) is 11.3 Å². The highest BCUT2D eigenvalue weighted by Gasteiger charge is 2.19. The molecule has 0 radical (unpaired) electrons. The number of thiophene rings is 1. The van der Waals surface area contributed by atoms with Crippen LogP contribution in [0.25, 0.3) is 10.1 Å². The van der Waals surface area contributed by atoms with E-state index in [4.69, 9.17) is 0 Å². The Balaban J connectivity index is 2.17. The van der Waals surface area contributed by atoms with E-state index in [0.29, 0.717) is 0 Å². The molecule has 19 heavy (non-hydrogen) atoms. The Morgan fingerprint density at radius 3 is 2.79 bits per heavy atom. The molecule has 0 bridgehead atoms. The number of fused-ring (bicyclic) bond motifs is 1. The number of hydrogen-bond donors (Lipinski definition) is 1. The molecule has 3 rings (SSSR count). The number of aryl methyl sites for hydroxylation is 1. The van der Waals surface area contributed by atoms with Gasteiger partial charge in [0.2, 0.25) is 0 Å². The number of hydrogen-bond acceptors (Lipinski definition) is 3. The van der Waals surface area contributed by atoms with Crippen LogP contribution in [-0.2, 0) is 7.05 Å². The van der Waals surface area contributed by atoms with Crippen LogP contribution in [0.15, 0.2) is 35.8 Å². The van der Waals surface area contributed by atoms with E-state index in [0.717, 1.165) is 0 Å². The van der Waals surface area contributed by atoms with Crippen LogP contribution in [-0.4, -0.2) is 16.8 Å². The first-order valence-electron chi connectivity index (χ1n) is 6.34. The van der Waals surface area contributed by atoms with E-state index < -0.39 is 0 Å². The zero-order valence-electron chi connectivity index (χ0n) is 11.3. The van der Waals surface area contributed by atoms with Gasteiger partial charge in [-0.1, -0.05) is 18.2 Å². The minimum absolute atomic E-state index is 0.191. The fraction of sp³-hybridized carbons (Fsp3) is 0.267. The van der Waals surface area contributed by atoms with Crippen LogP contribution in [0.5, 0.6) is 0 Å². The van der Waals surface area contributed by atoms with Gasteiger partial charge in [0, 0.05) is 23.0 Å². The summed E-state index contributed by atoms with van der Waals surface area (Å²) in [7, 11) is 3.99. The summed E-state index contributed by atoms with van der Waals surface area (Å²) in [4.78, 5) is 0. The molecule has 0 aliphatic heterocycles. The van der Waals surface area contributed by atoms with Crippen molar-refractivity contribution >= 4 is 21.4 Å². The van der Waals surface area contributed by atoms with Crippen molar-refractivity contribution in [1.82, 2.24) is 15.1 Å². The van der Waals surface area contributed by atoms with E-state index in [-0.39, 0.29) is 6.04 Å². The number of rotatable bonds is 3. The molecule has 98 valence electrons. The van der Waals surface area contributed by atoms with E-state index in [2.05, 4.69) is 47.0 Å². The highest BCUT2D eigenvalue weighted by Crippen LogP contribution is 2.33. The highest BCUT2D eigenvalue weighted by atomic mass is 32.1. The molecular formula is C15H17N3S. The van der Waals surface area contributed by atoms with Crippen LogP contribution in [0.1, 0.15) is 22.9 Å². The Morgan fingerprint density at radius 1 is 1.26 bits per heavy atom. The van der Waals surface area contributed by atoms with Gasteiger partial charge in [-0.2, -0.15) is 5.10 Å². The van der Waals surface area contributed by atoms with Gasteiger partial charge in [0.1, 0.15) is 0 Å². The molecule has 4 heteroatoms. The molecule has 3 nitrogen and oxygen atoms in total. The minimum atomic E-state index is 0.191. The van der Waals surface area contributed by atoms with E-state index in [9.17, 15) is 0 Å². The molecular weight excluding hydrogens is 254 g/mol. The summed E-state index contributed by atoms with van der Waals surface area (Å²) < 4.78 is 3.28. The summed E-state index contributed by atoms with van der Waals surface area (Å²) in [6, 6.07) is 8.85. The van der Waals surface area contributed by atoms with Gasteiger partial charge in [0.05, 0.1) is 12.2 Å². The van der Waals surface area contributed by atoms with Crippen LogP contribution in [0, 0.1) is 6.92 Å². The molecule has 0 fully saturated rings. The second-order valence-electron chi connectivity index (χ2n) is 4.72. The van der Waals surface area contributed by atoms with Crippen LogP contribution >= 0.6 is 11.3 Å². The summed E-state index contributed by atoms with van der Waals surface area (Å²) in [5, 5.41) is 11.2. The van der Waals surface area contributed by atoms with E-state index in [1.807, 2.05) is 25.0 Å². The van der Waals surface area contributed by atoms with Crippen LogP contribution < -0.4 is 5.32 Å². The lowest BCUT2D eigenvalue weighted by Gasteiger charge is -2.17. The van der Waals surface area contributed by atoms with E-state index in [1.165, 1.54) is 26.9 Å². The zero-order chi connectivity index (χ0) is 13.4. The summed E-state index contributed by atoms with van der Waals surface area (Å²) >= 11 is 1.80. The summed E-state index contributed by atoms with van der Waals surface area (Å²) in [6.45, 7) is 2.11. The predicted octanol–water partition coefficient (Wildman–Crippen LogP) is 3.25. The molecule has 0 aliphatic carbocycles. The average molecular weight is 271 g/mol. The van der Waals surface area contributed by atoms with Crippen molar-refractivity contribution in [3.63, 3.8) is 0 Å². The van der Waals surface area contributed by atoms with E-state index >= 15 is 0 Å². The van der Waals surface area contributed by atoms with E-state index in [1.54, 1.807) is 11.3 Å². The van der Waals surface area contributed by atoms with Gasteiger partial charge >= 0.3 is 0 Å². The fourth-order valence-electron chi connectivity index (χ4n) is 2.52. The Kier molecular flexibility index (Phi) is 3.12. The van der Waals surface area contributed by atoms with Crippen molar-refractivity contribution in [1.29, 1.82) is 0 Å². The lowest BCUT2D eigenvalue weighted by molar-refractivity contribution is 0.684. The quantitative estimate of drug-likeness (QED) is 0.792. The molecule has 0 saturated carbocycles. The van der Waals surface area contributed by atoms with Crippen LogP contribution in [0.3, 0.4) is 0 Å². The molecule has 1 unspecified atom stereocenters. The second-order valence-corrected chi connectivity index (χ2v) is 5.63. The maximum Gasteiger partial charge on any atom is 0.0622 e. The molecule has 0 aliphatic rings. The first kappa shape index (κ1) is 12.4. The lowest BCUT2D eigenvalue weighted by atomic mass is 9.98. The average Bonchev–Trinajstić information content (AvgIpc) is 3.01. The Bertz CT molecular complexity index is 711. The SMILES string of the molecule is CNC(c1cnn(C)c1C)c1cccc2ccsc12. The maximum atomic E-state index is 4.36. The van der Waals surface area contributed by atoms with Gasteiger partial charge < -0.3 is 5.32 Å². The standard InChI is InChI=1S/C15H17N3S/c1-10-13(9-17-18(10)3)14(16-2)12-6-4-5-11-7-8-19-15(11)12/h4-9,14,16H,1-3H3. The van der Waals surface area contributed by atoms with Crippen LogP contribution in [0.4, 0.5) is 0 Å². The van der Waals surface area contributed by atoms with Gasteiger partial charge in [-0.3, -0.25) is 4.68 Å². The van der Waals surface area contributed by atoms with Crippen molar-refractivity contribution < 1.29 is 0 Å². The van der Waals surface area contributed by atoms with Crippen molar-refractivity contribution in [3.8, 4) is 0 Å². The molecule has 0 amide bonds. The second kappa shape index (κ2) is 4.79. The van der Waals surface area contributed by atoms with Crippen molar-refractivity contribution in [3.05, 3.63) is 52.7 Å². The van der Waals surface area contributed by atoms with Gasteiger partial charge in [0.15, 0.2) is 0 Å². The summed E-state index contributed by atoms with van der Waals surface area (Å²) in [5.41, 5.74) is 3.77. The van der Waals surface area contributed by atoms with Gasteiger partial charge in [0.25, 0.3) is 0 Å². The largest absolute Gasteiger partial charge is 0.309 e. The van der Waals surface area contributed by atoms with Crippen molar-refractivity contribution in [2.24, 2.45) is 7.05 Å². The third-order valence-corrected chi connectivity index (χ3v) is 4.67. The fourth-order valence-corrected chi connectivity index (χ4v) is 3.47. The molecule has 3 aromatic rings. The zero-order valence-corrected chi connectivity index (χ0v) is 12.2. The lowest BCUT2D eigenvalue weighted by Crippen LogP contribution is -2.18. The molecule has 1 atom stereocenters. The van der Waals surface area contributed by atoms with Crippen LogP contribution in [0.2, 0.25) is 0 Å². The van der Waals surface area contributed by atoms with Gasteiger partial charge in [-0.25, -0.2) is 0 Å². The molecule has 0 spiro atoms. The summed E-state index contributed by atoms with van der Waals surface area (Å²) in [6.07, 6.45) is 1.96. The third-order valence-electron chi connectivity index (χ3n) is 3.69. The predicted molar refractivity (Wildman–Crippen MR) is 80.7 cm³/mol.